The van der Waals surface area contributed by atoms with Gasteiger partial charge in [0, 0.05) is 24.2 Å². The van der Waals surface area contributed by atoms with E-state index in [1.807, 2.05) is 30.3 Å². The number of benzene rings is 3. The number of hydrogen-bond acceptors (Lipinski definition) is 5. The maximum atomic E-state index is 13.4. The standard InChI is InChI=1S/C26H23FN4O3S/c27-19-7-5-8-21(17-19)30-35(33,34)22-12-10-20(11-13-22)28-26(32)23-16-18-6-1-2-9-24(18)29-25(23)31-14-3-4-15-31/h1-2,5-13,16-17,30H,3-4,14-15H2,(H,28,32). The second-order valence-electron chi connectivity index (χ2n) is 8.34. The first kappa shape index (κ1) is 22.8. The minimum Gasteiger partial charge on any atom is -0.356 e. The van der Waals surface area contributed by atoms with Gasteiger partial charge in [0.05, 0.1) is 21.7 Å². The third-order valence-corrected chi connectivity index (χ3v) is 7.25. The number of fused-ring (bicyclic) bond motifs is 1. The fraction of sp³-hybridized carbons (Fsp3) is 0.154. The lowest BCUT2D eigenvalue weighted by molar-refractivity contribution is 0.102. The summed E-state index contributed by atoms with van der Waals surface area (Å²) in [6.07, 6.45) is 2.10. The second-order valence-corrected chi connectivity index (χ2v) is 10.0. The zero-order valence-electron chi connectivity index (χ0n) is 18.7. The van der Waals surface area contributed by atoms with Crippen LogP contribution in [0.5, 0.6) is 0 Å². The predicted octanol–water partition coefficient (Wildman–Crippen LogP) is 5.03. The number of carbonyl (C=O) groups excluding carboxylic acids is 1. The van der Waals surface area contributed by atoms with Crippen molar-refractivity contribution in [3.63, 3.8) is 0 Å². The molecule has 9 heteroatoms. The van der Waals surface area contributed by atoms with Gasteiger partial charge in [0.2, 0.25) is 0 Å². The molecule has 1 fully saturated rings. The highest BCUT2D eigenvalue weighted by Gasteiger charge is 2.22. The summed E-state index contributed by atoms with van der Waals surface area (Å²) in [6.45, 7) is 1.69. The second kappa shape index (κ2) is 9.34. The smallest absolute Gasteiger partial charge is 0.261 e. The average molecular weight is 491 g/mol. The van der Waals surface area contributed by atoms with Crippen molar-refractivity contribution < 1.29 is 17.6 Å². The minimum absolute atomic E-state index is 0.00936. The van der Waals surface area contributed by atoms with E-state index >= 15 is 0 Å². The van der Waals surface area contributed by atoms with Crippen molar-refractivity contribution in [2.45, 2.75) is 17.7 Å². The number of amides is 1. The molecule has 178 valence electrons. The van der Waals surface area contributed by atoms with E-state index < -0.39 is 15.8 Å². The number of hydrogen-bond donors (Lipinski definition) is 2. The lowest BCUT2D eigenvalue weighted by Gasteiger charge is -2.20. The van der Waals surface area contributed by atoms with Crippen molar-refractivity contribution in [2.24, 2.45) is 0 Å². The number of sulfonamides is 1. The highest BCUT2D eigenvalue weighted by atomic mass is 32.2. The first-order valence-corrected chi connectivity index (χ1v) is 12.7. The lowest BCUT2D eigenvalue weighted by atomic mass is 10.1. The Morgan fingerprint density at radius 1 is 0.886 bits per heavy atom. The Hall–Kier alpha value is -3.98. The van der Waals surface area contributed by atoms with Gasteiger partial charge >= 0.3 is 0 Å². The van der Waals surface area contributed by atoms with Gasteiger partial charge in [0.1, 0.15) is 11.6 Å². The first-order valence-electron chi connectivity index (χ1n) is 11.2. The van der Waals surface area contributed by atoms with Crippen LogP contribution in [0.15, 0.2) is 83.8 Å². The van der Waals surface area contributed by atoms with Crippen LogP contribution in [0.2, 0.25) is 0 Å². The molecule has 0 radical (unpaired) electrons. The normalized spacial score (nSPS) is 13.7. The van der Waals surface area contributed by atoms with Crippen molar-refractivity contribution in [2.75, 3.05) is 28.0 Å². The van der Waals surface area contributed by atoms with Gasteiger partial charge in [-0.25, -0.2) is 17.8 Å². The SMILES string of the molecule is O=C(Nc1ccc(S(=O)(=O)Nc2cccc(F)c2)cc1)c1cc2ccccc2nc1N1CCCC1. The Morgan fingerprint density at radius 2 is 1.63 bits per heavy atom. The van der Waals surface area contributed by atoms with Crippen molar-refractivity contribution >= 4 is 44.0 Å². The highest BCUT2D eigenvalue weighted by molar-refractivity contribution is 7.92. The molecule has 7 nitrogen and oxygen atoms in total. The van der Waals surface area contributed by atoms with Crippen LogP contribution in [0.4, 0.5) is 21.6 Å². The predicted molar refractivity (Wildman–Crippen MR) is 135 cm³/mol. The fourth-order valence-electron chi connectivity index (χ4n) is 4.12. The molecular formula is C26H23FN4O3S. The fourth-order valence-corrected chi connectivity index (χ4v) is 5.17. The molecule has 5 rings (SSSR count). The van der Waals surface area contributed by atoms with Gasteiger partial charge in [0.25, 0.3) is 15.9 Å². The van der Waals surface area contributed by atoms with E-state index in [9.17, 15) is 17.6 Å². The summed E-state index contributed by atoms with van der Waals surface area (Å²) in [6, 6.07) is 20.5. The van der Waals surface area contributed by atoms with Gasteiger partial charge in [-0.15, -0.1) is 0 Å². The van der Waals surface area contributed by atoms with Crippen molar-refractivity contribution in [3.8, 4) is 0 Å². The van der Waals surface area contributed by atoms with Crippen LogP contribution in [-0.4, -0.2) is 32.4 Å². The molecule has 0 aliphatic carbocycles. The Labute approximate surface area is 202 Å². The summed E-state index contributed by atoms with van der Waals surface area (Å²) < 4.78 is 41.0. The molecule has 1 aliphatic rings. The Bertz CT molecular complexity index is 1500. The molecule has 3 aromatic carbocycles. The lowest BCUT2D eigenvalue weighted by Crippen LogP contribution is -2.24. The highest BCUT2D eigenvalue weighted by Crippen LogP contribution is 2.28. The quantitative estimate of drug-likeness (QED) is 0.396. The molecule has 2 N–H and O–H groups in total. The van der Waals surface area contributed by atoms with Gasteiger partial charge in [-0.2, -0.15) is 0 Å². The Morgan fingerprint density at radius 3 is 2.37 bits per heavy atom. The molecule has 0 atom stereocenters. The van der Waals surface area contributed by atoms with Gasteiger partial charge < -0.3 is 10.2 Å². The first-order chi connectivity index (χ1) is 16.9. The zero-order chi connectivity index (χ0) is 24.4. The van der Waals surface area contributed by atoms with Gasteiger partial charge in [-0.1, -0.05) is 24.3 Å². The topological polar surface area (TPSA) is 91.4 Å². The number of pyridine rings is 1. The monoisotopic (exact) mass is 490 g/mol. The molecule has 0 spiro atoms. The summed E-state index contributed by atoms with van der Waals surface area (Å²) in [7, 11) is -3.92. The number of nitrogens with one attached hydrogen (secondary N) is 2. The molecule has 4 aromatic rings. The molecule has 2 heterocycles. The molecule has 1 aromatic heterocycles. The molecule has 0 saturated carbocycles. The number of carbonyl (C=O) groups is 1. The van der Waals surface area contributed by atoms with Crippen molar-refractivity contribution in [3.05, 3.63) is 90.2 Å². The van der Waals surface area contributed by atoms with Crippen LogP contribution in [0.3, 0.4) is 0 Å². The number of halogens is 1. The maximum Gasteiger partial charge on any atom is 0.261 e. The number of rotatable bonds is 6. The molecule has 1 saturated heterocycles. The van der Waals surface area contributed by atoms with Crippen LogP contribution in [-0.2, 0) is 10.0 Å². The summed E-state index contributed by atoms with van der Waals surface area (Å²) in [5.74, 6) is -0.212. The van der Waals surface area contributed by atoms with E-state index in [-0.39, 0.29) is 16.5 Å². The molecular weight excluding hydrogens is 467 g/mol. The van der Waals surface area contributed by atoms with Crippen LogP contribution in [0.1, 0.15) is 23.2 Å². The zero-order valence-corrected chi connectivity index (χ0v) is 19.6. The maximum absolute atomic E-state index is 13.4. The Balaban J connectivity index is 1.38. The molecule has 0 bridgehead atoms. The third kappa shape index (κ3) is 4.95. The van der Waals surface area contributed by atoms with E-state index in [0.717, 1.165) is 42.9 Å². The van der Waals surface area contributed by atoms with E-state index in [1.54, 1.807) is 0 Å². The molecule has 1 aliphatic heterocycles. The van der Waals surface area contributed by atoms with E-state index in [2.05, 4.69) is 14.9 Å². The van der Waals surface area contributed by atoms with Crippen LogP contribution in [0.25, 0.3) is 10.9 Å². The summed E-state index contributed by atoms with van der Waals surface area (Å²) in [4.78, 5) is 20.1. The number of anilines is 3. The third-order valence-electron chi connectivity index (χ3n) is 5.85. The van der Waals surface area contributed by atoms with E-state index in [4.69, 9.17) is 4.98 Å². The van der Waals surface area contributed by atoms with Crippen LogP contribution in [0, 0.1) is 5.82 Å². The van der Waals surface area contributed by atoms with E-state index in [0.29, 0.717) is 17.1 Å². The van der Waals surface area contributed by atoms with E-state index in [1.165, 1.54) is 42.5 Å². The molecule has 0 unspecified atom stereocenters. The van der Waals surface area contributed by atoms with Crippen LogP contribution >= 0.6 is 0 Å². The molecule has 1 amide bonds. The number of aromatic nitrogens is 1. The minimum atomic E-state index is -3.92. The number of nitrogens with zero attached hydrogens (tertiary/aromatic N) is 2. The van der Waals surface area contributed by atoms with Crippen molar-refractivity contribution in [1.29, 1.82) is 0 Å². The summed E-state index contributed by atoms with van der Waals surface area (Å²) >= 11 is 0. The largest absolute Gasteiger partial charge is 0.356 e. The van der Waals surface area contributed by atoms with Gasteiger partial charge in [-0.3, -0.25) is 9.52 Å². The summed E-state index contributed by atoms with van der Waals surface area (Å²) in [5, 5.41) is 3.72. The molecule has 35 heavy (non-hydrogen) atoms. The van der Waals surface area contributed by atoms with Gasteiger partial charge in [0.15, 0.2) is 0 Å². The number of para-hydroxylation sites is 1. The Kier molecular flexibility index (Phi) is 6.08. The average Bonchev–Trinajstić information content (AvgIpc) is 3.38. The van der Waals surface area contributed by atoms with Crippen molar-refractivity contribution in [1.82, 2.24) is 4.98 Å². The van der Waals surface area contributed by atoms with Crippen LogP contribution < -0.4 is 14.9 Å². The summed E-state index contributed by atoms with van der Waals surface area (Å²) in [5.41, 5.74) is 1.86. The van der Waals surface area contributed by atoms with Gasteiger partial charge in [-0.05, 0) is 67.4 Å².